The Kier molecular flexibility index (Phi) is 6.46. The van der Waals surface area contributed by atoms with Crippen molar-refractivity contribution in [2.75, 3.05) is 6.54 Å². The van der Waals surface area contributed by atoms with E-state index >= 15 is 0 Å². The molecular formula is C21H30N2O3. The molecule has 1 aromatic carbocycles. The normalized spacial score (nSPS) is 11.6. The van der Waals surface area contributed by atoms with Crippen LogP contribution in [-0.2, 0) is 22.4 Å². The fraction of sp³-hybridized carbons (Fsp3) is 0.524. The second-order valence-corrected chi connectivity index (χ2v) is 7.69. The molecule has 0 unspecified atom stereocenters. The third-order valence-corrected chi connectivity index (χ3v) is 4.13. The van der Waals surface area contributed by atoms with Crippen LogP contribution in [0.25, 0.3) is 10.9 Å². The van der Waals surface area contributed by atoms with Crippen LogP contribution in [0.4, 0.5) is 4.79 Å². The number of amides is 1. The van der Waals surface area contributed by atoms with Crippen molar-refractivity contribution < 1.29 is 14.3 Å². The van der Waals surface area contributed by atoms with Crippen LogP contribution in [-0.4, -0.2) is 28.7 Å². The fourth-order valence-electron chi connectivity index (χ4n) is 2.92. The van der Waals surface area contributed by atoms with Gasteiger partial charge in [0.25, 0.3) is 0 Å². The quantitative estimate of drug-likeness (QED) is 0.830. The van der Waals surface area contributed by atoms with Crippen molar-refractivity contribution in [3.8, 4) is 0 Å². The maximum Gasteiger partial charge on any atom is 0.419 e. The average molecular weight is 358 g/mol. The zero-order valence-electron chi connectivity index (χ0n) is 16.5. The number of benzene rings is 1. The molecule has 0 radical (unpaired) electrons. The van der Waals surface area contributed by atoms with Gasteiger partial charge in [-0.15, -0.1) is 0 Å². The number of aryl methyl sites for hydroxylation is 1. The molecule has 142 valence electrons. The second-order valence-electron chi connectivity index (χ2n) is 7.69. The molecule has 0 bridgehead atoms. The molecule has 1 N–H and O–H groups in total. The number of rotatable bonds is 6. The summed E-state index contributed by atoms with van der Waals surface area (Å²) in [5.74, 6) is -0.0514. The molecule has 0 fully saturated rings. The molecule has 1 amide bonds. The lowest BCUT2D eigenvalue weighted by Crippen LogP contribution is -2.26. The molecule has 5 heteroatoms. The van der Waals surface area contributed by atoms with E-state index in [4.69, 9.17) is 4.74 Å². The number of carbonyl (C=O) groups is 2. The highest BCUT2D eigenvalue weighted by molar-refractivity contribution is 5.92. The van der Waals surface area contributed by atoms with Gasteiger partial charge >= 0.3 is 6.09 Å². The zero-order chi connectivity index (χ0) is 19.3. The summed E-state index contributed by atoms with van der Waals surface area (Å²) in [5, 5.41) is 3.87. The lowest BCUT2D eigenvalue weighted by Gasteiger charge is -2.19. The lowest BCUT2D eigenvalue weighted by atomic mass is 10.0. The Morgan fingerprint density at radius 3 is 2.54 bits per heavy atom. The Morgan fingerprint density at radius 1 is 1.19 bits per heavy atom. The number of nitrogens with zero attached hydrogens (tertiary/aromatic N) is 1. The van der Waals surface area contributed by atoms with E-state index in [0.29, 0.717) is 13.0 Å². The highest BCUT2D eigenvalue weighted by Crippen LogP contribution is 2.25. The van der Waals surface area contributed by atoms with Crippen LogP contribution >= 0.6 is 0 Å². The van der Waals surface area contributed by atoms with Gasteiger partial charge in [-0.05, 0) is 63.3 Å². The molecule has 0 atom stereocenters. The van der Waals surface area contributed by atoms with Crippen molar-refractivity contribution in [1.82, 2.24) is 9.88 Å². The van der Waals surface area contributed by atoms with Gasteiger partial charge in [-0.2, -0.15) is 0 Å². The summed E-state index contributed by atoms with van der Waals surface area (Å²) in [4.78, 5) is 23.7. The van der Waals surface area contributed by atoms with Crippen LogP contribution < -0.4 is 5.32 Å². The van der Waals surface area contributed by atoms with Gasteiger partial charge in [0.15, 0.2) is 0 Å². The van der Waals surface area contributed by atoms with E-state index in [1.165, 1.54) is 12.5 Å². The molecule has 0 aliphatic heterocycles. The minimum absolute atomic E-state index is 0.0514. The summed E-state index contributed by atoms with van der Waals surface area (Å²) in [6.45, 7) is 9.80. The molecule has 0 saturated carbocycles. The monoisotopic (exact) mass is 358 g/mol. The predicted octanol–water partition coefficient (Wildman–Crippen LogP) is 4.45. The highest BCUT2D eigenvalue weighted by Gasteiger charge is 2.20. The van der Waals surface area contributed by atoms with Gasteiger partial charge in [0.05, 0.1) is 5.52 Å². The van der Waals surface area contributed by atoms with Gasteiger partial charge < -0.3 is 10.1 Å². The first-order valence-electron chi connectivity index (χ1n) is 9.32. The van der Waals surface area contributed by atoms with Crippen molar-refractivity contribution in [3.05, 3.63) is 35.5 Å². The molecule has 0 aliphatic carbocycles. The van der Waals surface area contributed by atoms with Gasteiger partial charge in [-0.25, -0.2) is 4.79 Å². The summed E-state index contributed by atoms with van der Waals surface area (Å²) in [6, 6.07) is 6.23. The number of unbranched alkanes of at least 4 members (excludes halogenated alkanes) is 1. The zero-order valence-corrected chi connectivity index (χ0v) is 16.5. The number of carbonyl (C=O) groups excluding carboxylic acids is 2. The standard InChI is InChI=1S/C21H30N2O3/c1-6-7-8-16-9-10-19-18(13-16)17(11-12-22-15(2)24)14-23(19)20(25)26-21(3,4)5/h9-10,13-14H,6-8,11-12H2,1-5H3,(H,22,24). The first-order valence-corrected chi connectivity index (χ1v) is 9.32. The minimum Gasteiger partial charge on any atom is -0.443 e. The molecule has 0 saturated heterocycles. The maximum atomic E-state index is 12.6. The number of hydrogen-bond acceptors (Lipinski definition) is 3. The number of hydrogen-bond donors (Lipinski definition) is 1. The van der Waals surface area contributed by atoms with E-state index < -0.39 is 5.60 Å². The molecule has 2 rings (SSSR count). The van der Waals surface area contributed by atoms with Gasteiger partial charge in [0.1, 0.15) is 5.60 Å². The molecule has 5 nitrogen and oxygen atoms in total. The fourth-order valence-corrected chi connectivity index (χ4v) is 2.92. The summed E-state index contributed by atoms with van der Waals surface area (Å²) in [7, 11) is 0. The molecule has 1 heterocycles. The Balaban J connectivity index is 2.38. The van der Waals surface area contributed by atoms with E-state index in [0.717, 1.165) is 35.7 Å². The van der Waals surface area contributed by atoms with Crippen LogP contribution in [0.3, 0.4) is 0 Å². The first-order chi connectivity index (χ1) is 12.2. The molecule has 0 spiro atoms. The summed E-state index contributed by atoms with van der Waals surface area (Å²) in [6.07, 6.45) is 5.43. The smallest absolute Gasteiger partial charge is 0.419 e. The number of aromatic nitrogens is 1. The van der Waals surface area contributed by atoms with Crippen LogP contribution in [0.5, 0.6) is 0 Å². The SMILES string of the molecule is CCCCc1ccc2c(c1)c(CCNC(C)=O)cn2C(=O)OC(C)(C)C. The lowest BCUT2D eigenvalue weighted by molar-refractivity contribution is -0.118. The van der Waals surface area contributed by atoms with Crippen LogP contribution in [0.15, 0.2) is 24.4 Å². The van der Waals surface area contributed by atoms with E-state index in [2.05, 4.69) is 24.4 Å². The average Bonchev–Trinajstić information content (AvgIpc) is 2.89. The number of nitrogens with one attached hydrogen (secondary N) is 1. The Hall–Kier alpha value is -2.30. The Morgan fingerprint density at radius 2 is 1.92 bits per heavy atom. The van der Waals surface area contributed by atoms with Crippen molar-refractivity contribution in [2.45, 2.75) is 65.9 Å². The van der Waals surface area contributed by atoms with E-state index in [9.17, 15) is 9.59 Å². The Bertz CT molecular complexity index is 784. The largest absolute Gasteiger partial charge is 0.443 e. The predicted molar refractivity (Wildman–Crippen MR) is 105 cm³/mol. The Labute approximate surface area is 155 Å². The van der Waals surface area contributed by atoms with Crippen LogP contribution in [0.2, 0.25) is 0 Å². The maximum absolute atomic E-state index is 12.6. The van der Waals surface area contributed by atoms with Gasteiger partial charge in [-0.3, -0.25) is 9.36 Å². The summed E-state index contributed by atoms with van der Waals surface area (Å²) < 4.78 is 7.11. The minimum atomic E-state index is -0.551. The summed E-state index contributed by atoms with van der Waals surface area (Å²) in [5.41, 5.74) is 2.60. The molecule has 26 heavy (non-hydrogen) atoms. The van der Waals surface area contributed by atoms with Gasteiger partial charge in [-0.1, -0.05) is 19.4 Å². The number of ether oxygens (including phenoxy) is 1. The van der Waals surface area contributed by atoms with Crippen molar-refractivity contribution in [2.24, 2.45) is 0 Å². The number of fused-ring (bicyclic) bond motifs is 1. The molecule has 0 aliphatic rings. The summed E-state index contributed by atoms with van der Waals surface area (Å²) >= 11 is 0. The van der Waals surface area contributed by atoms with Crippen molar-refractivity contribution >= 4 is 22.9 Å². The second kappa shape index (κ2) is 8.39. The molecule has 1 aromatic heterocycles. The van der Waals surface area contributed by atoms with Crippen molar-refractivity contribution in [3.63, 3.8) is 0 Å². The van der Waals surface area contributed by atoms with E-state index in [-0.39, 0.29) is 12.0 Å². The van der Waals surface area contributed by atoms with Crippen molar-refractivity contribution in [1.29, 1.82) is 0 Å². The van der Waals surface area contributed by atoms with Crippen LogP contribution in [0.1, 0.15) is 58.6 Å². The topological polar surface area (TPSA) is 60.3 Å². The highest BCUT2D eigenvalue weighted by atomic mass is 16.6. The van der Waals surface area contributed by atoms with Gasteiger partial charge in [0, 0.05) is 25.1 Å². The third kappa shape index (κ3) is 5.35. The molecular weight excluding hydrogens is 328 g/mol. The van der Waals surface area contributed by atoms with Crippen LogP contribution in [0, 0.1) is 0 Å². The van der Waals surface area contributed by atoms with E-state index in [1.807, 2.05) is 33.0 Å². The van der Waals surface area contributed by atoms with E-state index in [1.54, 1.807) is 4.57 Å². The van der Waals surface area contributed by atoms with Gasteiger partial charge in [0.2, 0.25) is 5.91 Å². The first kappa shape index (κ1) is 20.0. The third-order valence-electron chi connectivity index (χ3n) is 4.13. The molecule has 2 aromatic rings.